The van der Waals surface area contributed by atoms with Crippen LogP contribution in [0.3, 0.4) is 0 Å². The molecule has 1 rings (SSSR count). The third-order valence-electron chi connectivity index (χ3n) is 0.700. The van der Waals surface area contributed by atoms with Crippen molar-refractivity contribution in [1.29, 1.82) is 0 Å². The molecule has 0 spiro atoms. The van der Waals surface area contributed by atoms with Crippen molar-refractivity contribution in [3.8, 4) is 0 Å². The van der Waals surface area contributed by atoms with Gasteiger partial charge in [0.05, 0.1) is 6.20 Å². The molecule has 0 aliphatic rings. The standard InChI is InChI=1S/C3H4N4O2S/c8-3(6-9)5-2-1-4-7-10-2/h1,9H,(H2,5,6,8). The Bertz CT molecular complexity index is 210. The first kappa shape index (κ1) is 6.90. The minimum atomic E-state index is -0.703. The highest BCUT2D eigenvalue weighted by molar-refractivity contribution is 7.10. The fraction of sp³-hybridized carbons (Fsp3) is 0. The summed E-state index contributed by atoms with van der Waals surface area (Å²) in [7, 11) is 0. The summed E-state index contributed by atoms with van der Waals surface area (Å²) in [4.78, 5) is 10.4. The largest absolute Gasteiger partial charge is 0.343 e. The highest BCUT2D eigenvalue weighted by Gasteiger charge is 1.99. The second kappa shape index (κ2) is 3.08. The average molecular weight is 160 g/mol. The maximum atomic E-state index is 10.4. The average Bonchev–Trinajstić information content (AvgIpc) is 2.40. The van der Waals surface area contributed by atoms with E-state index in [-0.39, 0.29) is 0 Å². The first-order valence-corrected chi connectivity index (χ1v) is 3.08. The van der Waals surface area contributed by atoms with Crippen LogP contribution in [-0.2, 0) is 0 Å². The number of carbonyl (C=O) groups excluding carboxylic acids is 1. The molecule has 2 amide bonds. The maximum absolute atomic E-state index is 10.4. The third kappa shape index (κ3) is 1.64. The molecule has 0 saturated carbocycles. The molecule has 0 unspecified atom stereocenters. The number of nitrogens with one attached hydrogen (secondary N) is 2. The van der Waals surface area contributed by atoms with Gasteiger partial charge in [-0.3, -0.25) is 10.5 Å². The van der Waals surface area contributed by atoms with Gasteiger partial charge in [0.15, 0.2) is 0 Å². The predicted octanol–water partition coefficient (Wildman–Crippen LogP) is 0.0488. The zero-order chi connectivity index (χ0) is 7.40. The van der Waals surface area contributed by atoms with E-state index in [1.54, 1.807) is 0 Å². The van der Waals surface area contributed by atoms with E-state index in [0.717, 1.165) is 11.5 Å². The van der Waals surface area contributed by atoms with E-state index in [1.165, 1.54) is 11.7 Å². The van der Waals surface area contributed by atoms with E-state index in [9.17, 15) is 4.79 Å². The van der Waals surface area contributed by atoms with Crippen LogP contribution in [-0.4, -0.2) is 20.8 Å². The number of hydroxylamine groups is 1. The molecule has 1 aromatic heterocycles. The Hall–Kier alpha value is -1.21. The first-order valence-electron chi connectivity index (χ1n) is 2.31. The fourth-order valence-electron chi connectivity index (χ4n) is 0.362. The maximum Gasteiger partial charge on any atom is 0.343 e. The lowest BCUT2D eigenvalue weighted by Gasteiger charge is -1.95. The van der Waals surface area contributed by atoms with Crippen molar-refractivity contribution in [1.82, 2.24) is 15.1 Å². The van der Waals surface area contributed by atoms with Crippen molar-refractivity contribution in [3.63, 3.8) is 0 Å². The Morgan fingerprint density at radius 2 is 2.60 bits per heavy atom. The van der Waals surface area contributed by atoms with E-state index in [4.69, 9.17) is 5.21 Å². The predicted molar refractivity (Wildman–Crippen MR) is 33.8 cm³/mol. The van der Waals surface area contributed by atoms with Crippen LogP contribution in [0.25, 0.3) is 0 Å². The van der Waals surface area contributed by atoms with E-state index in [2.05, 4.69) is 14.9 Å². The molecular weight excluding hydrogens is 156 g/mol. The number of rotatable bonds is 1. The minimum Gasteiger partial charge on any atom is -0.295 e. The number of carbonyl (C=O) groups is 1. The Morgan fingerprint density at radius 3 is 3.10 bits per heavy atom. The van der Waals surface area contributed by atoms with Crippen molar-refractivity contribution in [3.05, 3.63) is 6.20 Å². The summed E-state index contributed by atoms with van der Waals surface area (Å²) in [5.41, 5.74) is 1.40. The lowest BCUT2D eigenvalue weighted by Crippen LogP contribution is -2.24. The van der Waals surface area contributed by atoms with Gasteiger partial charge in [-0.2, -0.15) is 0 Å². The molecule has 6 nitrogen and oxygen atoms in total. The van der Waals surface area contributed by atoms with E-state index < -0.39 is 6.03 Å². The zero-order valence-corrected chi connectivity index (χ0v) is 5.55. The number of anilines is 1. The van der Waals surface area contributed by atoms with Crippen LogP contribution in [0.15, 0.2) is 6.20 Å². The minimum absolute atomic E-state index is 0.478. The Labute approximate surface area is 60.0 Å². The first-order chi connectivity index (χ1) is 4.83. The Kier molecular flexibility index (Phi) is 2.13. The number of hydrogen-bond acceptors (Lipinski definition) is 5. The molecule has 10 heavy (non-hydrogen) atoms. The van der Waals surface area contributed by atoms with Gasteiger partial charge in [0.1, 0.15) is 5.00 Å². The van der Waals surface area contributed by atoms with Crippen LogP contribution in [0.1, 0.15) is 0 Å². The number of nitrogens with zero attached hydrogens (tertiary/aromatic N) is 2. The van der Waals surface area contributed by atoms with Gasteiger partial charge in [0, 0.05) is 11.5 Å². The van der Waals surface area contributed by atoms with Gasteiger partial charge >= 0.3 is 6.03 Å². The molecule has 0 saturated heterocycles. The summed E-state index contributed by atoms with van der Waals surface area (Å²) >= 11 is 1.02. The van der Waals surface area contributed by atoms with E-state index in [0.29, 0.717) is 5.00 Å². The van der Waals surface area contributed by atoms with Gasteiger partial charge in [0.25, 0.3) is 0 Å². The molecule has 0 aliphatic heterocycles. The molecule has 1 aromatic rings. The highest BCUT2D eigenvalue weighted by Crippen LogP contribution is 2.07. The second-order valence-electron chi connectivity index (χ2n) is 1.35. The smallest absolute Gasteiger partial charge is 0.295 e. The Balaban J connectivity index is 2.48. The molecule has 0 bridgehead atoms. The van der Waals surface area contributed by atoms with Crippen LogP contribution >= 0.6 is 11.5 Å². The van der Waals surface area contributed by atoms with E-state index in [1.807, 2.05) is 0 Å². The topological polar surface area (TPSA) is 87.1 Å². The van der Waals surface area contributed by atoms with Gasteiger partial charge in [-0.1, -0.05) is 4.49 Å². The second-order valence-corrected chi connectivity index (χ2v) is 2.13. The molecule has 0 radical (unpaired) electrons. The van der Waals surface area contributed by atoms with Crippen molar-refractivity contribution in [2.24, 2.45) is 0 Å². The van der Waals surface area contributed by atoms with Gasteiger partial charge < -0.3 is 0 Å². The molecule has 7 heteroatoms. The van der Waals surface area contributed by atoms with Gasteiger partial charge in [-0.05, 0) is 0 Å². The molecule has 0 atom stereocenters. The van der Waals surface area contributed by atoms with Crippen LogP contribution in [0, 0.1) is 0 Å². The number of hydrogen-bond donors (Lipinski definition) is 3. The van der Waals surface area contributed by atoms with Crippen LogP contribution < -0.4 is 10.8 Å². The molecule has 0 fully saturated rings. The lowest BCUT2D eigenvalue weighted by atomic mass is 10.8. The number of amides is 2. The fourth-order valence-corrected chi connectivity index (χ4v) is 0.777. The third-order valence-corrected chi connectivity index (χ3v) is 1.28. The number of urea groups is 1. The Morgan fingerprint density at radius 1 is 1.80 bits per heavy atom. The lowest BCUT2D eigenvalue weighted by molar-refractivity contribution is 0.172. The molecule has 3 N–H and O–H groups in total. The van der Waals surface area contributed by atoms with E-state index >= 15 is 0 Å². The SMILES string of the molecule is O=C(NO)Nc1cnns1. The molecule has 0 aromatic carbocycles. The normalized spacial score (nSPS) is 8.90. The molecular formula is C3H4N4O2S. The summed E-state index contributed by atoms with van der Waals surface area (Å²) in [6.45, 7) is 0. The summed E-state index contributed by atoms with van der Waals surface area (Å²) in [6.07, 6.45) is 1.37. The van der Waals surface area contributed by atoms with Crippen LogP contribution in [0.5, 0.6) is 0 Å². The monoisotopic (exact) mass is 160 g/mol. The van der Waals surface area contributed by atoms with Crippen molar-refractivity contribution >= 4 is 22.6 Å². The van der Waals surface area contributed by atoms with Crippen molar-refractivity contribution in [2.45, 2.75) is 0 Å². The molecule has 54 valence electrons. The summed E-state index contributed by atoms with van der Waals surface area (Å²) in [6, 6.07) is -0.703. The zero-order valence-electron chi connectivity index (χ0n) is 4.74. The number of aromatic nitrogens is 2. The van der Waals surface area contributed by atoms with Gasteiger partial charge in [0.2, 0.25) is 0 Å². The van der Waals surface area contributed by atoms with Crippen LogP contribution in [0.4, 0.5) is 9.80 Å². The molecule has 0 aliphatic carbocycles. The van der Waals surface area contributed by atoms with Crippen molar-refractivity contribution in [2.75, 3.05) is 5.32 Å². The quantitative estimate of drug-likeness (QED) is 0.400. The van der Waals surface area contributed by atoms with Crippen molar-refractivity contribution < 1.29 is 10.0 Å². The van der Waals surface area contributed by atoms with Gasteiger partial charge in [-0.15, -0.1) is 5.10 Å². The van der Waals surface area contributed by atoms with Gasteiger partial charge in [-0.25, -0.2) is 10.3 Å². The summed E-state index contributed by atoms with van der Waals surface area (Å²) in [5.74, 6) is 0. The summed E-state index contributed by atoms with van der Waals surface area (Å²) in [5, 5.41) is 14.2. The summed E-state index contributed by atoms with van der Waals surface area (Å²) < 4.78 is 3.48. The highest BCUT2D eigenvalue weighted by atomic mass is 32.1. The molecule has 1 heterocycles. The van der Waals surface area contributed by atoms with Crippen LogP contribution in [0.2, 0.25) is 0 Å².